The third-order valence-electron chi connectivity index (χ3n) is 7.54. The van der Waals surface area contributed by atoms with Crippen molar-refractivity contribution in [2.45, 2.75) is 102 Å². The minimum absolute atomic E-state index is 0.0115. The molecule has 0 aromatic rings. The molecule has 0 aromatic heterocycles. The molecule has 34 heavy (non-hydrogen) atoms. The highest BCUT2D eigenvalue weighted by Crippen LogP contribution is 2.68. The number of thioether (sulfide) groups is 1. The molecule has 3 fully saturated rings. The molecule has 2 N–H and O–H groups in total. The van der Waals surface area contributed by atoms with E-state index in [1.165, 1.54) is 0 Å². The summed E-state index contributed by atoms with van der Waals surface area (Å²) < 4.78 is 4.78. The number of nitrogens with zero attached hydrogens (tertiary/aromatic N) is 1. The van der Waals surface area contributed by atoms with E-state index in [0.717, 1.165) is 25.7 Å². The maximum Gasteiger partial charge on any atom is 0.310 e. The van der Waals surface area contributed by atoms with Gasteiger partial charge in [-0.3, -0.25) is 14.4 Å². The lowest BCUT2D eigenvalue weighted by molar-refractivity contribution is -0.154. The molecule has 1 spiro atoms. The van der Waals surface area contributed by atoms with E-state index in [4.69, 9.17) is 9.84 Å². The van der Waals surface area contributed by atoms with Gasteiger partial charge in [0.05, 0.1) is 23.2 Å². The summed E-state index contributed by atoms with van der Waals surface area (Å²) in [6.45, 7) is 15.3. The Bertz CT molecular complexity index is 795. The normalized spacial score (nSPS) is 32.8. The minimum Gasteiger partial charge on any atom is -0.466 e. The highest BCUT2D eigenvalue weighted by molar-refractivity contribution is 8.02. The van der Waals surface area contributed by atoms with Gasteiger partial charge in [0.2, 0.25) is 11.8 Å². The van der Waals surface area contributed by atoms with Crippen molar-refractivity contribution in [3.63, 3.8) is 0 Å². The van der Waals surface area contributed by atoms with E-state index in [1.54, 1.807) is 23.6 Å². The number of esters is 1. The number of hydrogen-bond donors (Lipinski definition) is 2. The van der Waals surface area contributed by atoms with Crippen LogP contribution in [0.15, 0.2) is 0 Å². The molecule has 0 aromatic carbocycles. The topological polar surface area (TPSA) is 95.9 Å². The third-order valence-corrected chi connectivity index (χ3v) is 9.62. The van der Waals surface area contributed by atoms with Crippen molar-refractivity contribution in [3.05, 3.63) is 0 Å². The molecule has 0 aliphatic carbocycles. The van der Waals surface area contributed by atoms with Crippen LogP contribution in [0.2, 0.25) is 0 Å². The van der Waals surface area contributed by atoms with E-state index in [-0.39, 0.29) is 47.6 Å². The predicted octanol–water partition coefficient (Wildman–Crippen LogP) is 3.38. The Balaban J connectivity index is 1.95. The molecule has 6 atom stereocenters. The van der Waals surface area contributed by atoms with E-state index < -0.39 is 28.2 Å². The zero-order valence-electron chi connectivity index (χ0n) is 22.0. The summed E-state index contributed by atoms with van der Waals surface area (Å²) in [6.07, 6.45) is 3.79. The molecule has 3 rings (SSSR count). The predicted molar refractivity (Wildman–Crippen MR) is 134 cm³/mol. The number of fused-ring (bicyclic) bond motifs is 1. The average Bonchev–Trinajstić information content (AvgIpc) is 3.27. The van der Waals surface area contributed by atoms with Gasteiger partial charge in [-0.25, -0.2) is 0 Å². The van der Waals surface area contributed by atoms with Gasteiger partial charge in [0.15, 0.2) is 0 Å². The lowest BCUT2D eigenvalue weighted by atomic mass is 9.66. The quantitative estimate of drug-likeness (QED) is 0.356. The second-order valence-corrected chi connectivity index (χ2v) is 13.8. The van der Waals surface area contributed by atoms with E-state index in [1.807, 2.05) is 13.8 Å². The molecule has 7 nitrogen and oxygen atoms in total. The summed E-state index contributed by atoms with van der Waals surface area (Å²) in [7, 11) is 0. The Morgan fingerprint density at radius 1 is 1.21 bits per heavy atom. The van der Waals surface area contributed by atoms with Crippen LogP contribution < -0.4 is 5.32 Å². The van der Waals surface area contributed by atoms with Crippen LogP contribution in [-0.2, 0) is 19.1 Å². The molecule has 194 valence electrons. The Kier molecular flexibility index (Phi) is 8.03. The molecule has 2 amide bonds. The highest BCUT2D eigenvalue weighted by atomic mass is 32.2. The van der Waals surface area contributed by atoms with Gasteiger partial charge in [0, 0.05) is 23.9 Å². The van der Waals surface area contributed by atoms with Crippen LogP contribution in [0, 0.1) is 23.2 Å². The van der Waals surface area contributed by atoms with Crippen molar-refractivity contribution in [2.75, 3.05) is 19.8 Å². The molecule has 3 saturated heterocycles. The third kappa shape index (κ3) is 4.99. The van der Waals surface area contributed by atoms with Gasteiger partial charge in [-0.15, -0.1) is 11.8 Å². The monoisotopic (exact) mass is 496 g/mol. The number of carbonyl (C=O) groups excluding carboxylic acids is 3. The van der Waals surface area contributed by atoms with Crippen molar-refractivity contribution in [3.8, 4) is 0 Å². The zero-order chi connectivity index (χ0) is 25.5. The summed E-state index contributed by atoms with van der Waals surface area (Å²) in [5.74, 6) is -1.37. The average molecular weight is 497 g/mol. The van der Waals surface area contributed by atoms with Crippen LogP contribution in [-0.4, -0.2) is 69.1 Å². The Labute approximate surface area is 209 Å². The van der Waals surface area contributed by atoms with E-state index >= 15 is 0 Å². The molecule has 3 unspecified atom stereocenters. The number of carbonyl (C=O) groups is 3. The zero-order valence-corrected chi connectivity index (χ0v) is 22.8. The largest absolute Gasteiger partial charge is 0.466 e. The fourth-order valence-electron chi connectivity index (χ4n) is 6.91. The lowest BCUT2D eigenvalue weighted by Crippen LogP contribution is -2.60. The second kappa shape index (κ2) is 10.00. The number of unbranched alkanes of at least 4 members (excludes halogenated alkanes) is 2. The second-order valence-electron chi connectivity index (χ2n) is 12.2. The van der Waals surface area contributed by atoms with Crippen LogP contribution in [0.4, 0.5) is 0 Å². The van der Waals surface area contributed by atoms with E-state index in [0.29, 0.717) is 13.0 Å². The van der Waals surface area contributed by atoms with Gasteiger partial charge in [0.25, 0.3) is 0 Å². The van der Waals surface area contributed by atoms with Gasteiger partial charge in [-0.05, 0) is 64.2 Å². The summed E-state index contributed by atoms with van der Waals surface area (Å²) in [6, 6.07) is -0.609. The van der Waals surface area contributed by atoms with Gasteiger partial charge >= 0.3 is 5.97 Å². The van der Waals surface area contributed by atoms with Crippen LogP contribution in [0.25, 0.3) is 0 Å². The molecule has 3 heterocycles. The van der Waals surface area contributed by atoms with E-state index in [2.05, 4.69) is 33.0 Å². The number of ether oxygens (including phenoxy) is 1. The maximum atomic E-state index is 14.0. The number of rotatable bonds is 10. The van der Waals surface area contributed by atoms with Crippen molar-refractivity contribution in [1.29, 1.82) is 0 Å². The van der Waals surface area contributed by atoms with Crippen LogP contribution in [0.1, 0.15) is 80.6 Å². The first-order chi connectivity index (χ1) is 15.8. The fourth-order valence-corrected chi connectivity index (χ4v) is 9.32. The highest BCUT2D eigenvalue weighted by Gasteiger charge is 2.76. The molecular weight excluding hydrogens is 452 g/mol. The Morgan fingerprint density at radius 2 is 1.88 bits per heavy atom. The first kappa shape index (κ1) is 27.3. The molecule has 0 saturated carbocycles. The van der Waals surface area contributed by atoms with Gasteiger partial charge < -0.3 is 20.1 Å². The summed E-state index contributed by atoms with van der Waals surface area (Å²) in [5.41, 5.74) is -0.392. The first-order valence-electron chi connectivity index (χ1n) is 12.9. The molecular formula is C26H44N2O5S. The number of aliphatic hydroxyl groups excluding tert-OH is 1. The Morgan fingerprint density at radius 3 is 2.47 bits per heavy atom. The number of likely N-dealkylation sites (tertiary alicyclic amines) is 1. The summed E-state index contributed by atoms with van der Waals surface area (Å²) in [4.78, 5) is 42.6. The number of hydrogen-bond acceptors (Lipinski definition) is 6. The van der Waals surface area contributed by atoms with Crippen molar-refractivity contribution >= 4 is 29.5 Å². The number of aliphatic hydroxyl groups is 1. The lowest BCUT2D eigenvalue weighted by Gasteiger charge is -2.41. The van der Waals surface area contributed by atoms with Gasteiger partial charge in [0.1, 0.15) is 6.04 Å². The molecule has 2 bridgehead atoms. The summed E-state index contributed by atoms with van der Waals surface area (Å²) in [5, 5.41) is 12.5. The fraction of sp³-hybridized carbons (Fsp3) is 0.885. The summed E-state index contributed by atoms with van der Waals surface area (Å²) >= 11 is 1.68. The van der Waals surface area contributed by atoms with Crippen LogP contribution in [0.5, 0.6) is 0 Å². The van der Waals surface area contributed by atoms with E-state index in [9.17, 15) is 14.4 Å². The molecule has 8 heteroatoms. The molecule has 0 radical (unpaired) electrons. The van der Waals surface area contributed by atoms with Gasteiger partial charge in [-0.1, -0.05) is 27.7 Å². The number of nitrogens with one attached hydrogen (secondary N) is 1. The maximum absolute atomic E-state index is 14.0. The smallest absolute Gasteiger partial charge is 0.310 e. The van der Waals surface area contributed by atoms with Crippen LogP contribution in [0.3, 0.4) is 0 Å². The van der Waals surface area contributed by atoms with Crippen molar-refractivity contribution < 1.29 is 24.2 Å². The van der Waals surface area contributed by atoms with Crippen molar-refractivity contribution in [1.82, 2.24) is 10.2 Å². The SMILES string of the molecule is CCOC(=O)[C@@H]1[C@H]2C(=O)N(CCCCCO)C(C(=O)NC(C)(C)CC(C)(C)C)C23S[C@@H]1CC3C. The Hall–Kier alpha value is -1.28. The van der Waals surface area contributed by atoms with Crippen LogP contribution >= 0.6 is 11.8 Å². The molecule has 3 aliphatic rings. The van der Waals surface area contributed by atoms with Crippen molar-refractivity contribution in [2.24, 2.45) is 23.2 Å². The standard InChI is InChI=1S/C26H44N2O5S/c1-8-33-23(32)18-17-14-16(2)26(34-17)19(18)22(31)28(12-10-9-11-13-29)20(26)21(30)27-25(6,7)15-24(3,4)5/h16-20,29H,8-15H2,1-7H3,(H,27,30)/t16?,17-,18+,19+,20?,26?/m1/s1. The molecule has 3 aliphatic heterocycles. The minimum atomic E-state index is -0.613. The number of amides is 2. The first-order valence-corrected chi connectivity index (χ1v) is 13.7. The van der Waals surface area contributed by atoms with Gasteiger partial charge in [-0.2, -0.15) is 0 Å².